The van der Waals surface area contributed by atoms with Crippen molar-refractivity contribution in [3.8, 4) is 0 Å². The molecule has 0 aliphatic carbocycles. The lowest BCUT2D eigenvalue weighted by Gasteiger charge is -2.37. The summed E-state index contributed by atoms with van der Waals surface area (Å²) in [5.74, 6) is 0. The van der Waals surface area contributed by atoms with Crippen molar-refractivity contribution in [3.63, 3.8) is 0 Å². The van der Waals surface area contributed by atoms with Gasteiger partial charge in [0.15, 0.2) is 0 Å². The van der Waals surface area contributed by atoms with E-state index < -0.39 is 0 Å². The maximum absolute atomic E-state index is 12.3. The first-order valence-corrected chi connectivity index (χ1v) is 9.65. The summed E-state index contributed by atoms with van der Waals surface area (Å²) in [6.07, 6.45) is 4.21. The summed E-state index contributed by atoms with van der Waals surface area (Å²) in [6.45, 7) is 12.7. The Labute approximate surface area is 147 Å². The standard InChI is InChI=1S/C18H36N4O2/c1-15(5-4-14-23)19-18(24)21-11-8-20(9-12-21)10-13-22-16(2)6-7-17(22)3/h15-17,23H,4-14H2,1-3H3,(H,19,24). The average molecular weight is 341 g/mol. The van der Waals surface area contributed by atoms with Crippen molar-refractivity contribution in [1.82, 2.24) is 20.0 Å². The highest BCUT2D eigenvalue weighted by molar-refractivity contribution is 5.74. The van der Waals surface area contributed by atoms with Crippen LogP contribution >= 0.6 is 0 Å². The minimum atomic E-state index is 0.0434. The van der Waals surface area contributed by atoms with E-state index >= 15 is 0 Å². The summed E-state index contributed by atoms with van der Waals surface area (Å²) >= 11 is 0. The minimum Gasteiger partial charge on any atom is -0.396 e. The normalized spacial score (nSPS) is 27.4. The summed E-state index contributed by atoms with van der Waals surface area (Å²) in [5, 5.41) is 11.9. The van der Waals surface area contributed by atoms with Crippen molar-refractivity contribution in [3.05, 3.63) is 0 Å². The first-order chi connectivity index (χ1) is 11.5. The van der Waals surface area contributed by atoms with Gasteiger partial charge in [0.1, 0.15) is 0 Å². The Hall–Kier alpha value is -0.850. The van der Waals surface area contributed by atoms with Crippen molar-refractivity contribution in [2.75, 3.05) is 45.9 Å². The third-order valence-corrected chi connectivity index (χ3v) is 5.63. The molecule has 2 N–H and O–H groups in total. The summed E-state index contributed by atoms with van der Waals surface area (Å²) in [4.78, 5) is 19.3. The molecular weight excluding hydrogens is 304 g/mol. The van der Waals surface area contributed by atoms with E-state index in [9.17, 15) is 4.79 Å². The lowest BCUT2D eigenvalue weighted by Crippen LogP contribution is -2.54. The van der Waals surface area contributed by atoms with E-state index in [0.717, 1.165) is 52.1 Å². The number of carbonyl (C=O) groups excluding carboxylic acids is 1. The molecule has 0 aromatic rings. The van der Waals surface area contributed by atoms with Crippen LogP contribution in [0.1, 0.15) is 46.5 Å². The van der Waals surface area contributed by atoms with Crippen LogP contribution in [0.15, 0.2) is 0 Å². The van der Waals surface area contributed by atoms with E-state index in [0.29, 0.717) is 12.1 Å². The Morgan fingerprint density at radius 2 is 1.75 bits per heavy atom. The molecule has 3 unspecified atom stereocenters. The van der Waals surface area contributed by atoms with E-state index in [-0.39, 0.29) is 18.7 Å². The SMILES string of the molecule is CC(CCCO)NC(=O)N1CCN(CCN2C(C)CCC2C)CC1. The second kappa shape index (κ2) is 9.59. The minimum absolute atomic E-state index is 0.0434. The molecule has 0 saturated carbocycles. The highest BCUT2D eigenvalue weighted by atomic mass is 16.3. The molecule has 2 saturated heterocycles. The quantitative estimate of drug-likeness (QED) is 0.734. The predicted molar refractivity (Wildman–Crippen MR) is 97.2 cm³/mol. The number of amides is 2. The smallest absolute Gasteiger partial charge is 0.317 e. The van der Waals surface area contributed by atoms with Crippen LogP contribution in [0.5, 0.6) is 0 Å². The van der Waals surface area contributed by atoms with Crippen LogP contribution in [0.4, 0.5) is 4.79 Å². The van der Waals surface area contributed by atoms with Crippen molar-refractivity contribution in [2.45, 2.75) is 64.6 Å². The first-order valence-electron chi connectivity index (χ1n) is 9.65. The van der Waals surface area contributed by atoms with Crippen LogP contribution in [0.2, 0.25) is 0 Å². The third kappa shape index (κ3) is 5.60. The topological polar surface area (TPSA) is 59.1 Å². The van der Waals surface area contributed by atoms with Crippen LogP contribution < -0.4 is 5.32 Å². The second-order valence-corrected chi connectivity index (χ2v) is 7.56. The average Bonchev–Trinajstić information content (AvgIpc) is 2.89. The van der Waals surface area contributed by atoms with Crippen LogP contribution in [0.3, 0.4) is 0 Å². The predicted octanol–water partition coefficient (Wildman–Crippen LogP) is 1.35. The van der Waals surface area contributed by atoms with Gasteiger partial charge in [-0.3, -0.25) is 9.80 Å². The molecule has 0 aromatic carbocycles. The fraction of sp³-hybridized carbons (Fsp3) is 0.944. The van der Waals surface area contributed by atoms with E-state index in [1.807, 2.05) is 11.8 Å². The van der Waals surface area contributed by atoms with Crippen LogP contribution in [0.25, 0.3) is 0 Å². The van der Waals surface area contributed by atoms with Gasteiger partial charge in [0, 0.05) is 64.0 Å². The van der Waals surface area contributed by atoms with Crippen molar-refractivity contribution >= 4 is 6.03 Å². The number of rotatable bonds is 7. The number of piperazine rings is 1. The number of likely N-dealkylation sites (tertiary alicyclic amines) is 1. The highest BCUT2D eigenvalue weighted by Crippen LogP contribution is 2.22. The number of aliphatic hydroxyl groups is 1. The Morgan fingerprint density at radius 1 is 1.12 bits per heavy atom. The second-order valence-electron chi connectivity index (χ2n) is 7.56. The van der Waals surface area contributed by atoms with Gasteiger partial charge in [0.05, 0.1) is 0 Å². The van der Waals surface area contributed by atoms with Crippen LogP contribution in [-0.4, -0.2) is 89.8 Å². The molecule has 2 rings (SSSR count). The summed E-state index contributed by atoms with van der Waals surface area (Å²) < 4.78 is 0. The van der Waals surface area contributed by atoms with E-state index in [4.69, 9.17) is 5.11 Å². The molecule has 2 amide bonds. The fourth-order valence-electron chi connectivity index (χ4n) is 3.89. The number of hydrogen-bond acceptors (Lipinski definition) is 4. The van der Waals surface area contributed by atoms with Gasteiger partial charge in [-0.2, -0.15) is 0 Å². The Kier molecular flexibility index (Phi) is 7.78. The molecule has 24 heavy (non-hydrogen) atoms. The van der Waals surface area contributed by atoms with Crippen molar-refractivity contribution in [2.24, 2.45) is 0 Å². The number of urea groups is 1. The van der Waals surface area contributed by atoms with E-state index in [1.54, 1.807) is 0 Å². The Morgan fingerprint density at radius 3 is 2.33 bits per heavy atom. The zero-order valence-electron chi connectivity index (χ0n) is 15.7. The molecule has 6 heteroatoms. The summed E-state index contributed by atoms with van der Waals surface area (Å²) in [7, 11) is 0. The number of nitrogens with one attached hydrogen (secondary N) is 1. The maximum Gasteiger partial charge on any atom is 0.317 e. The third-order valence-electron chi connectivity index (χ3n) is 5.63. The summed E-state index contributed by atoms with van der Waals surface area (Å²) in [6, 6.07) is 1.60. The molecular formula is C18H36N4O2. The number of carbonyl (C=O) groups is 1. The summed E-state index contributed by atoms with van der Waals surface area (Å²) in [5.41, 5.74) is 0. The van der Waals surface area contributed by atoms with Gasteiger partial charge < -0.3 is 15.3 Å². The molecule has 0 radical (unpaired) electrons. The van der Waals surface area contributed by atoms with Gasteiger partial charge in [-0.05, 0) is 46.5 Å². The fourth-order valence-corrected chi connectivity index (χ4v) is 3.89. The molecule has 0 spiro atoms. The largest absolute Gasteiger partial charge is 0.396 e. The lowest BCUT2D eigenvalue weighted by molar-refractivity contribution is 0.117. The number of aliphatic hydroxyl groups excluding tert-OH is 1. The van der Waals surface area contributed by atoms with Gasteiger partial charge in [-0.25, -0.2) is 4.79 Å². The Bertz CT molecular complexity index is 375. The molecule has 3 atom stereocenters. The monoisotopic (exact) mass is 340 g/mol. The molecule has 2 fully saturated rings. The zero-order chi connectivity index (χ0) is 17.5. The Balaban J connectivity index is 1.65. The van der Waals surface area contributed by atoms with Gasteiger partial charge >= 0.3 is 6.03 Å². The molecule has 6 nitrogen and oxygen atoms in total. The molecule has 0 aromatic heterocycles. The molecule has 2 heterocycles. The molecule has 140 valence electrons. The first kappa shape index (κ1) is 19.5. The van der Waals surface area contributed by atoms with Crippen LogP contribution in [0, 0.1) is 0 Å². The number of hydrogen-bond donors (Lipinski definition) is 2. The highest BCUT2D eigenvalue weighted by Gasteiger charge is 2.28. The number of nitrogens with zero attached hydrogens (tertiary/aromatic N) is 3. The van der Waals surface area contributed by atoms with E-state index in [1.165, 1.54) is 12.8 Å². The molecule has 2 aliphatic heterocycles. The van der Waals surface area contributed by atoms with Gasteiger partial charge in [-0.1, -0.05) is 0 Å². The van der Waals surface area contributed by atoms with Gasteiger partial charge in [-0.15, -0.1) is 0 Å². The van der Waals surface area contributed by atoms with Crippen molar-refractivity contribution < 1.29 is 9.90 Å². The lowest BCUT2D eigenvalue weighted by atomic mass is 10.2. The molecule has 0 bridgehead atoms. The van der Waals surface area contributed by atoms with Gasteiger partial charge in [0.25, 0.3) is 0 Å². The van der Waals surface area contributed by atoms with Crippen molar-refractivity contribution in [1.29, 1.82) is 0 Å². The van der Waals surface area contributed by atoms with E-state index in [2.05, 4.69) is 29.0 Å². The maximum atomic E-state index is 12.3. The van der Waals surface area contributed by atoms with Crippen LogP contribution in [-0.2, 0) is 0 Å². The zero-order valence-corrected chi connectivity index (χ0v) is 15.7. The molecule has 2 aliphatic rings. The van der Waals surface area contributed by atoms with Gasteiger partial charge in [0.2, 0.25) is 0 Å².